The number of nitro groups is 1. The first-order chi connectivity index (χ1) is 6.65. The summed E-state index contributed by atoms with van der Waals surface area (Å²) >= 11 is 5.63. The number of halogens is 1. The largest absolute Gasteiger partial charge is 0.384 e. The van der Waals surface area contributed by atoms with E-state index in [1.165, 1.54) is 12.1 Å². The zero-order valence-electron chi connectivity index (χ0n) is 7.37. The zero-order chi connectivity index (χ0) is 10.6. The molecule has 0 aliphatic heterocycles. The lowest BCUT2D eigenvalue weighted by molar-refractivity contribution is -0.384. The van der Waals surface area contributed by atoms with Gasteiger partial charge in [-0.05, 0) is 12.1 Å². The van der Waals surface area contributed by atoms with Crippen molar-refractivity contribution in [2.24, 2.45) is 5.73 Å². The van der Waals surface area contributed by atoms with Gasteiger partial charge in [-0.2, -0.15) is 0 Å². The first-order valence-electron chi connectivity index (χ1n) is 4.03. The van der Waals surface area contributed by atoms with Crippen molar-refractivity contribution in [2.75, 3.05) is 18.4 Å². The lowest BCUT2D eigenvalue weighted by Gasteiger charge is -2.04. The van der Waals surface area contributed by atoms with Crippen LogP contribution in [0.5, 0.6) is 0 Å². The van der Waals surface area contributed by atoms with Crippen LogP contribution < -0.4 is 11.1 Å². The highest BCUT2D eigenvalue weighted by Crippen LogP contribution is 2.27. The minimum atomic E-state index is -0.518. The van der Waals surface area contributed by atoms with E-state index in [-0.39, 0.29) is 10.7 Å². The van der Waals surface area contributed by atoms with Crippen molar-refractivity contribution in [2.45, 2.75) is 0 Å². The first kappa shape index (κ1) is 10.7. The van der Waals surface area contributed by atoms with Crippen molar-refractivity contribution < 1.29 is 4.92 Å². The molecule has 0 heterocycles. The van der Waals surface area contributed by atoms with E-state index in [4.69, 9.17) is 17.3 Å². The Morgan fingerprint density at radius 1 is 1.57 bits per heavy atom. The van der Waals surface area contributed by atoms with Crippen molar-refractivity contribution in [1.29, 1.82) is 0 Å². The summed E-state index contributed by atoms with van der Waals surface area (Å²) in [5, 5.41) is 13.6. The monoisotopic (exact) mass is 215 g/mol. The number of benzene rings is 1. The fourth-order valence-corrected chi connectivity index (χ4v) is 1.17. The summed E-state index contributed by atoms with van der Waals surface area (Å²) in [5.74, 6) is 0. The quantitative estimate of drug-likeness (QED) is 0.591. The Morgan fingerprint density at radius 3 is 2.86 bits per heavy atom. The number of hydrogen-bond donors (Lipinski definition) is 2. The van der Waals surface area contributed by atoms with Gasteiger partial charge in [-0.1, -0.05) is 11.6 Å². The van der Waals surface area contributed by atoms with Gasteiger partial charge in [0.1, 0.15) is 5.02 Å². The molecular weight excluding hydrogens is 206 g/mol. The average Bonchev–Trinajstić information content (AvgIpc) is 2.16. The number of nitrogens with one attached hydrogen (secondary N) is 1. The Labute approximate surface area is 86.0 Å². The van der Waals surface area contributed by atoms with Crippen LogP contribution >= 0.6 is 11.6 Å². The van der Waals surface area contributed by atoms with Gasteiger partial charge in [-0.3, -0.25) is 10.1 Å². The number of nitrogens with zero attached hydrogens (tertiary/aromatic N) is 1. The van der Waals surface area contributed by atoms with Gasteiger partial charge in [0.25, 0.3) is 5.69 Å². The fourth-order valence-electron chi connectivity index (χ4n) is 0.979. The molecule has 76 valence electrons. The predicted octanol–water partition coefficient (Wildman–Crippen LogP) is 1.62. The summed E-state index contributed by atoms with van der Waals surface area (Å²) in [7, 11) is 0. The van der Waals surface area contributed by atoms with Gasteiger partial charge in [0.05, 0.1) is 4.92 Å². The second-order valence-corrected chi connectivity index (χ2v) is 3.05. The van der Waals surface area contributed by atoms with Gasteiger partial charge >= 0.3 is 0 Å². The fraction of sp³-hybridized carbons (Fsp3) is 0.250. The van der Waals surface area contributed by atoms with Crippen LogP contribution in [0.3, 0.4) is 0 Å². The standard InChI is InChI=1S/C8H10ClN3O2/c9-7-2-1-6(11-4-3-10)5-8(7)12(13)14/h1-2,5,11H,3-4,10H2. The highest BCUT2D eigenvalue weighted by Gasteiger charge is 2.11. The van der Waals surface area contributed by atoms with E-state index in [0.717, 1.165) is 0 Å². The van der Waals surface area contributed by atoms with E-state index in [1.807, 2.05) is 0 Å². The number of hydrogen-bond acceptors (Lipinski definition) is 4. The predicted molar refractivity (Wildman–Crippen MR) is 55.7 cm³/mol. The maximum absolute atomic E-state index is 10.5. The van der Waals surface area contributed by atoms with Gasteiger partial charge in [0.15, 0.2) is 0 Å². The van der Waals surface area contributed by atoms with E-state index in [1.54, 1.807) is 6.07 Å². The molecule has 0 aliphatic rings. The van der Waals surface area contributed by atoms with Crippen molar-refractivity contribution in [3.05, 3.63) is 33.3 Å². The number of rotatable bonds is 4. The van der Waals surface area contributed by atoms with Gasteiger partial charge in [-0.15, -0.1) is 0 Å². The van der Waals surface area contributed by atoms with Crippen LogP contribution in [0.4, 0.5) is 11.4 Å². The van der Waals surface area contributed by atoms with Gasteiger partial charge in [0.2, 0.25) is 0 Å². The second-order valence-electron chi connectivity index (χ2n) is 2.64. The molecule has 3 N–H and O–H groups in total. The summed E-state index contributed by atoms with van der Waals surface area (Å²) in [5.41, 5.74) is 5.82. The molecule has 0 aromatic heterocycles. The molecule has 0 unspecified atom stereocenters. The molecule has 0 saturated carbocycles. The molecule has 1 aromatic rings. The smallest absolute Gasteiger partial charge is 0.289 e. The summed E-state index contributed by atoms with van der Waals surface area (Å²) in [6.45, 7) is 1.04. The van der Waals surface area contributed by atoms with Crippen LogP contribution in [-0.2, 0) is 0 Å². The van der Waals surface area contributed by atoms with Crippen LogP contribution in [0.2, 0.25) is 5.02 Å². The maximum atomic E-state index is 10.5. The molecule has 0 saturated heterocycles. The Balaban J connectivity index is 2.89. The zero-order valence-corrected chi connectivity index (χ0v) is 8.12. The average molecular weight is 216 g/mol. The molecule has 6 heteroatoms. The van der Waals surface area contributed by atoms with Gasteiger partial charge in [0, 0.05) is 24.8 Å². The molecule has 1 aromatic carbocycles. The molecule has 0 amide bonds. The number of nitrogens with two attached hydrogens (primary N) is 1. The third-order valence-corrected chi connectivity index (χ3v) is 1.94. The minimum absolute atomic E-state index is 0.103. The number of nitro benzene ring substituents is 1. The van der Waals surface area contributed by atoms with Crippen LogP contribution in [0.1, 0.15) is 0 Å². The lowest BCUT2D eigenvalue weighted by Crippen LogP contribution is -2.13. The molecule has 5 nitrogen and oxygen atoms in total. The molecule has 0 bridgehead atoms. The summed E-state index contributed by atoms with van der Waals surface area (Å²) in [6.07, 6.45) is 0. The SMILES string of the molecule is NCCNc1ccc(Cl)c([N+](=O)[O-])c1. The lowest BCUT2D eigenvalue weighted by atomic mass is 10.3. The minimum Gasteiger partial charge on any atom is -0.384 e. The van der Waals surface area contributed by atoms with Crippen LogP contribution in [-0.4, -0.2) is 18.0 Å². The maximum Gasteiger partial charge on any atom is 0.289 e. The van der Waals surface area contributed by atoms with Crippen molar-refractivity contribution in [1.82, 2.24) is 0 Å². The van der Waals surface area contributed by atoms with E-state index in [9.17, 15) is 10.1 Å². The highest BCUT2D eigenvalue weighted by molar-refractivity contribution is 6.32. The second kappa shape index (κ2) is 4.78. The van der Waals surface area contributed by atoms with Crippen molar-refractivity contribution in [3.8, 4) is 0 Å². The molecule has 0 radical (unpaired) electrons. The Kier molecular flexibility index (Phi) is 3.67. The number of anilines is 1. The Bertz CT molecular complexity index is 343. The van der Waals surface area contributed by atoms with Gasteiger partial charge < -0.3 is 11.1 Å². The van der Waals surface area contributed by atoms with Crippen LogP contribution in [0.15, 0.2) is 18.2 Å². The van der Waals surface area contributed by atoms with Crippen molar-refractivity contribution in [3.63, 3.8) is 0 Å². The normalized spacial score (nSPS) is 9.86. The topological polar surface area (TPSA) is 81.2 Å². The summed E-state index contributed by atoms with van der Waals surface area (Å²) in [4.78, 5) is 10.00. The van der Waals surface area contributed by atoms with Crippen molar-refractivity contribution >= 4 is 23.0 Å². The molecule has 0 spiro atoms. The van der Waals surface area contributed by atoms with E-state index in [2.05, 4.69) is 5.32 Å². The first-order valence-corrected chi connectivity index (χ1v) is 4.41. The molecule has 14 heavy (non-hydrogen) atoms. The van der Waals surface area contributed by atoms with E-state index >= 15 is 0 Å². The molecule has 0 fully saturated rings. The highest BCUT2D eigenvalue weighted by atomic mass is 35.5. The summed E-state index contributed by atoms with van der Waals surface area (Å²) < 4.78 is 0. The van der Waals surface area contributed by atoms with Crippen LogP contribution in [0, 0.1) is 10.1 Å². The van der Waals surface area contributed by atoms with Gasteiger partial charge in [-0.25, -0.2) is 0 Å². The molecule has 1 rings (SSSR count). The molecule has 0 aliphatic carbocycles. The Morgan fingerprint density at radius 2 is 2.29 bits per heavy atom. The van der Waals surface area contributed by atoms with E-state index < -0.39 is 4.92 Å². The molecule has 0 atom stereocenters. The third-order valence-electron chi connectivity index (χ3n) is 1.62. The molecular formula is C8H10ClN3O2. The third kappa shape index (κ3) is 2.58. The van der Waals surface area contributed by atoms with E-state index in [0.29, 0.717) is 18.8 Å². The summed E-state index contributed by atoms with van der Waals surface area (Å²) in [6, 6.07) is 4.54. The Hall–Kier alpha value is -1.33. The van der Waals surface area contributed by atoms with Crippen LogP contribution in [0.25, 0.3) is 0 Å².